The molecule has 40 heavy (non-hydrogen) atoms. The van der Waals surface area contributed by atoms with E-state index in [2.05, 4.69) is 67.9 Å². The average Bonchev–Trinajstić information content (AvgIpc) is 3.78. The van der Waals surface area contributed by atoms with E-state index in [1.54, 1.807) is 11.3 Å². The van der Waals surface area contributed by atoms with Gasteiger partial charge in [0.25, 0.3) is 0 Å². The standard InChI is InChI=1S/C32H29N7S/c1-18(2)29-10-11-30(40-29)24-16-34-17-28-23(24)13-27(36-28)32-31-26(38-39-32)9-8-25(37-31)21-12-22(15-33-14-21)35-19(3)20-6-4-5-7-20/h8-17,20,35-36H,1,3-7H2,2H3,(H,38,39). The molecule has 6 heterocycles. The van der Waals surface area contributed by atoms with Crippen LogP contribution in [-0.4, -0.2) is 30.1 Å². The Morgan fingerprint density at radius 2 is 1.82 bits per heavy atom. The maximum atomic E-state index is 5.03. The van der Waals surface area contributed by atoms with E-state index in [-0.39, 0.29) is 0 Å². The quantitative estimate of drug-likeness (QED) is 0.188. The van der Waals surface area contributed by atoms with Crippen LogP contribution >= 0.6 is 11.3 Å². The number of H-pyrrole nitrogens is 2. The lowest BCUT2D eigenvalue weighted by Gasteiger charge is -2.15. The van der Waals surface area contributed by atoms with Crippen LogP contribution in [-0.2, 0) is 0 Å². The molecule has 1 aliphatic rings. The lowest BCUT2D eigenvalue weighted by molar-refractivity contribution is 0.649. The Hall–Kier alpha value is -4.56. The highest BCUT2D eigenvalue weighted by Crippen LogP contribution is 2.38. The van der Waals surface area contributed by atoms with Crippen LogP contribution in [0.3, 0.4) is 0 Å². The van der Waals surface area contributed by atoms with Crippen LogP contribution in [0.25, 0.3) is 60.6 Å². The summed E-state index contributed by atoms with van der Waals surface area (Å²) in [5, 5.41) is 12.4. The van der Waals surface area contributed by atoms with E-state index in [0.29, 0.717) is 5.92 Å². The highest BCUT2D eigenvalue weighted by atomic mass is 32.1. The summed E-state index contributed by atoms with van der Waals surface area (Å²) in [6.07, 6.45) is 12.4. The Bertz CT molecular complexity index is 1900. The van der Waals surface area contributed by atoms with E-state index in [1.807, 2.05) is 43.8 Å². The SMILES string of the molecule is C=C(C)c1ccc(-c2cncc3[nH]c(-c4n[nH]c5ccc(-c6cncc(NC(=C)C7CCCC7)c6)nc45)cc23)s1. The summed E-state index contributed by atoms with van der Waals surface area (Å²) in [5.74, 6) is 0.534. The molecular formula is C32H29N7S. The van der Waals surface area contributed by atoms with Gasteiger partial charge in [0.05, 0.1) is 40.5 Å². The molecule has 6 aromatic heterocycles. The maximum Gasteiger partial charge on any atom is 0.135 e. The van der Waals surface area contributed by atoms with Gasteiger partial charge in [0, 0.05) is 44.4 Å². The number of fused-ring (bicyclic) bond motifs is 2. The Balaban J connectivity index is 1.24. The summed E-state index contributed by atoms with van der Waals surface area (Å²) in [7, 11) is 0. The molecule has 8 heteroatoms. The minimum Gasteiger partial charge on any atom is -0.358 e. The summed E-state index contributed by atoms with van der Waals surface area (Å²) in [6, 6.07) is 12.5. The first-order valence-electron chi connectivity index (χ1n) is 13.5. The molecule has 1 aliphatic carbocycles. The third kappa shape index (κ3) is 4.40. The summed E-state index contributed by atoms with van der Waals surface area (Å²) in [4.78, 5) is 19.9. The van der Waals surface area contributed by atoms with Crippen molar-refractivity contribution >= 4 is 44.5 Å². The van der Waals surface area contributed by atoms with Crippen molar-refractivity contribution in [1.29, 1.82) is 0 Å². The smallest absolute Gasteiger partial charge is 0.135 e. The number of anilines is 1. The predicted molar refractivity (Wildman–Crippen MR) is 165 cm³/mol. The van der Waals surface area contributed by atoms with Gasteiger partial charge in [-0.05, 0) is 67.7 Å². The molecule has 0 aromatic carbocycles. The summed E-state index contributed by atoms with van der Waals surface area (Å²) >= 11 is 1.73. The highest BCUT2D eigenvalue weighted by molar-refractivity contribution is 7.16. The number of allylic oxidation sites excluding steroid dienone is 2. The van der Waals surface area contributed by atoms with Gasteiger partial charge in [-0.15, -0.1) is 11.3 Å². The fourth-order valence-electron chi connectivity index (χ4n) is 5.54. The summed E-state index contributed by atoms with van der Waals surface area (Å²) < 4.78 is 0. The first-order chi connectivity index (χ1) is 19.5. The molecule has 0 spiro atoms. The van der Waals surface area contributed by atoms with Gasteiger partial charge < -0.3 is 10.3 Å². The minimum absolute atomic E-state index is 0.534. The topological polar surface area (TPSA) is 95.2 Å². The van der Waals surface area contributed by atoms with Crippen molar-refractivity contribution in [2.24, 2.45) is 5.92 Å². The van der Waals surface area contributed by atoms with E-state index in [0.717, 1.165) is 72.0 Å². The van der Waals surface area contributed by atoms with Gasteiger partial charge in [-0.25, -0.2) is 4.98 Å². The van der Waals surface area contributed by atoms with E-state index >= 15 is 0 Å². The molecular weight excluding hydrogens is 514 g/mol. The van der Waals surface area contributed by atoms with Crippen LogP contribution in [0.2, 0.25) is 0 Å². The molecule has 3 N–H and O–H groups in total. The molecule has 1 saturated carbocycles. The van der Waals surface area contributed by atoms with E-state index in [9.17, 15) is 0 Å². The largest absolute Gasteiger partial charge is 0.358 e. The van der Waals surface area contributed by atoms with Crippen LogP contribution in [0.1, 0.15) is 37.5 Å². The van der Waals surface area contributed by atoms with Gasteiger partial charge in [0.2, 0.25) is 0 Å². The predicted octanol–water partition coefficient (Wildman–Crippen LogP) is 8.44. The molecule has 0 amide bonds. The fourth-order valence-corrected chi connectivity index (χ4v) is 6.50. The molecule has 7 rings (SSSR count). The highest BCUT2D eigenvalue weighted by Gasteiger charge is 2.19. The molecule has 198 valence electrons. The molecule has 0 bridgehead atoms. The Morgan fingerprint density at radius 3 is 2.65 bits per heavy atom. The van der Waals surface area contributed by atoms with Crippen LogP contribution in [0, 0.1) is 5.92 Å². The van der Waals surface area contributed by atoms with E-state index in [1.165, 1.54) is 30.6 Å². The first-order valence-corrected chi connectivity index (χ1v) is 14.3. The number of hydrogen-bond donors (Lipinski definition) is 3. The van der Waals surface area contributed by atoms with E-state index in [4.69, 9.17) is 4.98 Å². The van der Waals surface area contributed by atoms with Crippen LogP contribution in [0.5, 0.6) is 0 Å². The monoisotopic (exact) mass is 543 g/mol. The Labute approximate surface area is 236 Å². The molecule has 7 nitrogen and oxygen atoms in total. The van der Waals surface area contributed by atoms with Crippen LogP contribution in [0.15, 0.2) is 80.0 Å². The lowest BCUT2D eigenvalue weighted by atomic mass is 10.0. The Morgan fingerprint density at radius 1 is 0.975 bits per heavy atom. The number of nitrogens with zero attached hydrogens (tertiary/aromatic N) is 4. The average molecular weight is 544 g/mol. The van der Waals surface area contributed by atoms with Gasteiger partial charge in [0.1, 0.15) is 11.2 Å². The van der Waals surface area contributed by atoms with Crippen molar-refractivity contribution < 1.29 is 0 Å². The molecule has 0 aliphatic heterocycles. The third-order valence-electron chi connectivity index (χ3n) is 7.69. The normalized spacial score (nSPS) is 13.8. The van der Waals surface area contributed by atoms with Crippen molar-refractivity contribution in [2.45, 2.75) is 32.6 Å². The molecule has 0 saturated heterocycles. The van der Waals surface area contributed by atoms with Crippen molar-refractivity contribution in [1.82, 2.24) is 30.1 Å². The van der Waals surface area contributed by atoms with Gasteiger partial charge in [-0.1, -0.05) is 26.0 Å². The molecule has 0 radical (unpaired) electrons. The zero-order chi connectivity index (χ0) is 27.2. The lowest BCUT2D eigenvalue weighted by Crippen LogP contribution is -2.07. The number of pyridine rings is 3. The van der Waals surface area contributed by atoms with Crippen molar-refractivity contribution in [3.05, 3.63) is 84.9 Å². The molecule has 0 unspecified atom stereocenters. The van der Waals surface area contributed by atoms with Crippen LogP contribution in [0.4, 0.5) is 5.69 Å². The summed E-state index contributed by atoms with van der Waals surface area (Å²) in [5.41, 5.74) is 10.2. The third-order valence-corrected chi connectivity index (χ3v) is 8.97. The number of thiophene rings is 1. The van der Waals surface area contributed by atoms with Crippen molar-refractivity contribution in [3.8, 4) is 33.1 Å². The van der Waals surface area contributed by atoms with Gasteiger partial charge >= 0.3 is 0 Å². The van der Waals surface area contributed by atoms with Crippen molar-refractivity contribution in [3.63, 3.8) is 0 Å². The van der Waals surface area contributed by atoms with Gasteiger partial charge in [0.15, 0.2) is 0 Å². The number of aromatic amines is 2. The fraction of sp³-hybridized carbons (Fsp3) is 0.188. The Kier molecular flexibility index (Phi) is 6.04. The summed E-state index contributed by atoms with van der Waals surface area (Å²) in [6.45, 7) is 10.4. The second-order valence-corrected chi connectivity index (χ2v) is 11.6. The van der Waals surface area contributed by atoms with Crippen LogP contribution < -0.4 is 5.32 Å². The second kappa shape index (κ2) is 9.88. The number of aromatic nitrogens is 6. The molecule has 1 fully saturated rings. The second-order valence-electron chi connectivity index (χ2n) is 10.5. The minimum atomic E-state index is 0.534. The van der Waals surface area contributed by atoms with Gasteiger partial charge in [-0.3, -0.25) is 15.1 Å². The van der Waals surface area contributed by atoms with Gasteiger partial charge in [-0.2, -0.15) is 5.10 Å². The number of hydrogen-bond acceptors (Lipinski definition) is 6. The zero-order valence-corrected chi connectivity index (χ0v) is 23.1. The van der Waals surface area contributed by atoms with Crippen molar-refractivity contribution in [2.75, 3.05) is 5.32 Å². The molecule has 0 atom stereocenters. The number of rotatable bonds is 7. The van der Waals surface area contributed by atoms with E-state index < -0.39 is 0 Å². The first kappa shape index (κ1) is 24.5. The maximum absolute atomic E-state index is 5.03. The number of nitrogens with one attached hydrogen (secondary N) is 3. The molecule has 6 aromatic rings. The zero-order valence-electron chi connectivity index (χ0n) is 22.3.